The van der Waals surface area contributed by atoms with Gasteiger partial charge < -0.3 is 15.3 Å². The fourth-order valence-corrected chi connectivity index (χ4v) is 4.20. The monoisotopic (exact) mass is 361 g/mol. The van der Waals surface area contributed by atoms with Gasteiger partial charge in [-0.15, -0.1) is 0 Å². The summed E-state index contributed by atoms with van der Waals surface area (Å²) in [7, 11) is 0. The summed E-state index contributed by atoms with van der Waals surface area (Å²) in [6.07, 6.45) is 4.87. The molecule has 1 amide bonds. The Morgan fingerprint density at radius 3 is 2.93 bits per heavy atom. The van der Waals surface area contributed by atoms with Crippen molar-refractivity contribution in [2.45, 2.75) is 31.8 Å². The van der Waals surface area contributed by atoms with Crippen LogP contribution in [0.2, 0.25) is 0 Å². The van der Waals surface area contributed by atoms with E-state index in [1.54, 1.807) is 12.4 Å². The molecule has 1 aromatic heterocycles. The van der Waals surface area contributed by atoms with Crippen LogP contribution in [0.15, 0.2) is 42.7 Å². The third-order valence-corrected chi connectivity index (χ3v) is 5.50. The van der Waals surface area contributed by atoms with Gasteiger partial charge in [0.2, 0.25) is 5.91 Å². The van der Waals surface area contributed by atoms with Crippen LogP contribution in [0.3, 0.4) is 0 Å². The Balaban J connectivity index is 1.72. The zero-order valence-corrected chi connectivity index (χ0v) is 15.4. The smallest absolute Gasteiger partial charge is 0.222 e. The number of nitrogens with one attached hydrogen (secondary N) is 1. The van der Waals surface area contributed by atoms with Crippen LogP contribution < -0.4 is 5.32 Å². The van der Waals surface area contributed by atoms with Gasteiger partial charge in [0, 0.05) is 48.1 Å². The van der Waals surface area contributed by atoms with Gasteiger partial charge in [-0.05, 0) is 42.3 Å². The summed E-state index contributed by atoms with van der Waals surface area (Å²) in [5.74, 6) is 6.73. The van der Waals surface area contributed by atoms with E-state index in [2.05, 4.69) is 28.2 Å². The number of hydrogen-bond acceptors (Lipinski definition) is 4. The molecule has 5 heteroatoms. The molecular weight excluding hydrogens is 338 g/mol. The molecule has 0 bridgehead atoms. The van der Waals surface area contributed by atoms with Gasteiger partial charge in [0.15, 0.2) is 0 Å². The van der Waals surface area contributed by atoms with Gasteiger partial charge in [-0.1, -0.05) is 18.8 Å². The van der Waals surface area contributed by atoms with E-state index < -0.39 is 0 Å². The second kappa shape index (κ2) is 7.42. The quantitative estimate of drug-likeness (QED) is 0.807. The zero-order chi connectivity index (χ0) is 18.8. The molecule has 1 fully saturated rings. The molecule has 0 radical (unpaired) electrons. The van der Waals surface area contributed by atoms with Crippen molar-refractivity contribution in [1.29, 1.82) is 0 Å². The molecule has 5 nitrogen and oxygen atoms in total. The molecule has 0 unspecified atom stereocenters. The zero-order valence-electron chi connectivity index (χ0n) is 15.4. The van der Waals surface area contributed by atoms with E-state index in [-0.39, 0.29) is 30.5 Å². The summed E-state index contributed by atoms with van der Waals surface area (Å²) in [6.45, 7) is 2.71. The van der Waals surface area contributed by atoms with E-state index in [0.29, 0.717) is 6.42 Å². The van der Waals surface area contributed by atoms with Crippen molar-refractivity contribution in [3.63, 3.8) is 0 Å². The van der Waals surface area contributed by atoms with Gasteiger partial charge in [0.1, 0.15) is 0 Å². The Kier molecular flexibility index (Phi) is 4.83. The second-order valence-corrected chi connectivity index (χ2v) is 7.07. The Morgan fingerprint density at radius 2 is 2.19 bits per heavy atom. The van der Waals surface area contributed by atoms with Gasteiger partial charge in [-0.2, -0.15) is 0 Å². The standard InChI is InChI=1S/C22H23N3O2/c1-2-21(27)25-11-9-17-20(14-26)24-19-8-7-15(12-18(19)22(17)25)5-6-16-4-3-10-23-13-16/h3-4,7-8,10,12-13,17,20,22,24,26H,2,9,11,14H2,1H3/t17-,20+,22-/m1/s1. The second-order valence-electron chi connectivity index (χ2n) is 7.07. The van der Waals surface area contributed by atoms with Crippen LogP contribution in [-0.4, -0.2) is 40.1 Å². The molecular formula is C22H23N3O2. The van der Waals surface area contributed by atoms with Crippen LogP contribution in [0.25, 0.3) is 0 Å². The number of hydrogen-bond donors (Lipinski definition) is 2. The lowest BCUT2D eigenvalue weighted by Gasteiger charge is -2.39. The van der Waals surface area contributed by atoms with Crippen molar-refractivity contribution >= 4 is 11.6 Å². The molecule has 4 rings (SSSR count). The van der Waals surface area contributed by atoms with E-state index in [4.69, 9.17) is 0 Å². The summed E-state index contributed by atoms with van der Waals surface area (Å²) >= 11 is 0. The van der Waals surface area contributed by atoms with Crippen LogP contribution in [0, 0.1) is 17.8 Å². The molecule has 2 aliphatic rings. The molecule has 2 aromatic rings. The molecule has 2 aliphatic heterocycles. The Hall–Kier alpha value is -2.84. The lowest BCUT2D eigenvalue weighted by Crippen LogP contribution is -2.42. The van der Waals surface area contributed by atoms with E-state index in [1.165, 1.54) is 0 Å². The molecule has 0 spiro atoms. The lowest BCUT2D eigenvalue weighted by atomic mass is 9.82. The average Bonchev–Trinajstić information content (AvgIpc) is 3.17. The van der Waals surface area contributed by atoms with Gasteiger partial charge in [-0.25, -0.2) is 0 Å². The maximum atomic E-state index is 12.5. The van der Waals surface area contributed by atoms with Crippen molar-refractivity contribution in [2.24, 2.45) is 5.92 Å². The highest BCUT2D eigenvalue weighted by Gasteiger charge is 2.45. The molecule has 2 N–H and O–H groups in total. The number of fused-ring (bicyclic) bond motifs is 3. The summed E-state index contributed by atoms with van der Waals surface area (Å²) in [6, 6.07) is 9.85. The minimum atomic E-state index is -0.0236. The van der Waals surface area contributed by atoms with Crippen LogP contribution in [0.4, 0.5) is 5.69 Å². The van der Waals surface area contributed by atoms with Crippen molar-refractivity contribution in [2.75, 3.05) is 18.5 Å². The third-order valence-electron chi connectivity index (χ3n) is 5.50. The molecule has 3 atom stereocenters. The van der Waals surface area contributed by atoms with Crippen LogP contribution >= 0.6 is 0 Å². The van der Waals surface area contributed by atoms with E-state index >= 15 is 0 Å². The predicted molar refractivity (Wildman–Crippen MR) is 104 cm³/mol. The molecule has 0 saturated carbocycles. The number of benzene rings is 1. The van der Waals surface area contributed by atoms with E-state index in [1.807, 2.05) is 36.1 Å². The number of carbonyl (C=O) groups is 1. The highest BCUT2D eigenvalue weighted by molar-refractivity contribution is 5.77. The largest absolute Gasteiger partial charge is 0.394 e. The van der Waals surface area contributed by atoms with Crippen molar-refractivity contribution in [1.82, 2.24) is 9.88 Å². The fraction of sp³-hybridized carbons (Fsp3) is 0.364. The van der Waals surface area contributed by atoms with Crippen LogP contribution in [-0.2, 0) is 4.79 Å². The van der Waals surface area contributed by atoms with Crippen molar-refractivity contribution in [3.05, 3.63) is 59.4 Å². The van der Waals surface area contributed by atoms with Gasteiger partial charge in [-0.3, -0.25) is 9.78 Å². The number of rotatable bonds is 2. The number of carbonyl (C=O) groups excluding carboxylic acids is 1. The van der Waals surface area contributed by atoms with E-state index in [0.717, 1.165) is 35.3 Å². The molecule has 0 aliphatic carbocycles. The molecule has 27 heavy (non-hydrogen) atoms. The van der Waals surface area contributed by atoms with Gasteiger partial charge in [0.05, 0.1) is 18.7 Å². The normalized spacial score (nSPS) is 22.9. The maximum absolute atomic E-state index is 12.5. The minimum Gasteiger partial charge on any atom is -0.394 e. The Morgan fingerprint density at radius 1 is 1.33 bits per heavy atom. The van der Waals surface area contributed by atoms with Gasteiger partial charge in [0.25, 0.3) is 0 Å². The highest BCUT2D eigenvalue weighted by Crippen LogP contribution is 2.46. The first kappa shape index (κ1) is 17.6. The van der Waals surface area contributed by atoms with Crippen LogP contribution in [0.5, 0.6) is 0 Å². The summed E-state index contributed by atoms with van der Waals surface area (Å²) in [5.41, 5.74) is 3.87. The SMILES string of the molecule is CCC(=O)N1CC[C@@H]2[C@H](CO)Nc3ccc(C#Cc4cccnc4)cc3[C@@H]21. The van der Waals surface area contributed by atoms with Crippen LogP contribution in [0.1, 0.15) is 42.5 Å². The lowest BCUT2D eigenvalue weighted by molar-refractivity contribution is -0.132. The number of aromatic nitrogens is 1. The number of aliphatic hydroxyl groups is 1. The maximum Gasteiger partial charge on any atom is 0.222 e. The number of nitrogens with zero attached hydrogens (tertiary/aromatic N) is 2. The molecule has 138 valence electrons. The number of aliphatic hydroxyl groups excluding tert-OH is 1. The van der Waals surface area contributed by atoms with Crippen molar-refractivity contribution < 1.29 is 9.90 Å². The summed E-state index contributed by atoms with van der Waals surface area (Å²) in [4.78, 5) is 18.5. The first-order valence-electron chi connectivity index (χ1n) is 9.44. The highest BCUT2D eigenvalue weighted by atomic mass is 16.3. The minimum absolute atomic E-state index is 0.00555. The molecule has 1 aromatic carbocycles. The first-order valence-corrected chi connectivity index (χ1v) is 9.44. The number of amides is 1. The number of pyridine rings is 1. The predicted octanol–water partition coefficient (Wildman–Crippen LogP) is 2.57. The summed E-state index contributed by atoms with van der Waals surface area (Å²) in [5, 5.41) is 13.3. The molecule has 3 heterocycles. The fourth-order valence-electron chi connectivity index (χ4n) is 4.20. The topological polar surface area (TPSA) is 65.5 Å². The van der Waals surface area contributed by atoms with Gasteiger partial charge >= 0.3 is 0 Å². The van der Waals surface area contributed by atoms with E-state index in [9.17, 15) is 9.90 Å². The van der Waals surface area contributed by atoms with Crippen molar-refractivity contribution in [3.8, 4) is 11.8 Å². The Bertz CT molecular complexity index is 901. The third kappa shape index (κ3) is 3.29. The number of likely N-dealkylation sites (tertiary alicyclic amines) is 1. The summed E-state index contributed by atoms with van der Waals surface area (Å²) < 4.78 is 0. The first-order chi connectivity index (χ1) is 13.2. The average molecular weight is 361 g/mol. The Labute approximate surface area is 159 Å². The number of anilines is 1. The molecule has 1 saturated heterocycles.